The van der Waals surface area contributed by atoms with Crippen molar-refractivity contribution in [2.24, 2.45) is 4.99 Å². The third-order valence-electron chi connectivity index (χ3n) is 4.91. The van der Waals surface area contributed by atoms with Crippen LogP contribution >= 0.6 is 0 Å². The molecule has 2 aromatic rings. The predicted molar refractivity (Wildman–Crippen MR) is 119 cm³/mol. The Kier molecular flexibility index (Phi) is 7.25. The van der Waals surface area contributed by atoms with Gasteiger partial charge in [0.1, 0.15) is 0 Å². The number of hydrogen-bond donors (Lipinski definition) is 3. The van der Waals surface area contributed by atoms with Crippen molar-refractivity contribution in [3.05, 3.63) is 65.2 Å². The van der Waals surface area contributed by atoms with E-state index in [0.29, 0.717) is 19.5 Å². The summed E-state index contributed by atoms with van der Waals surface area (Å²) in [7, 11) is 4.14. The number of para-hydroxylation sites is 1. The fourth-order valence-corrected chi connectivity index (χ4v) is 3.53. The van der Waals surface area contributed by atoms with Gasteiger partial charge in [0.2, 0.25) is 5.91 Å². The lowest BCUT2D eigenvalue weighted by molar-refractivity contribution is -0.116. The SMILES string of the molecule is CCNC(=NCc1ccc(CN(C)C)cc1)NCC1CC(=O)Nc2ccccc21. The Morgan fingerprint density at radius 1 is 1.10 bits per heavy atom. The van der Waals surface area contributed by atoms with Crippen molar-refractivity contribution in [1.29, 1.82) is 0 Å². The van der Waals surface area contributed by atoms with Crippen molar-refractivity contribution in [1.82, 2.24) is 15.5 Å². The summed E-state index contributed by atoms with van der Waals surface area (Å²) in [6.07, 6.45) is 0.483. The standard InChI is InChI=1S/C23H31N5O/c1-4-24-23(25-14-17-9-11-18(12-10-17)16-28(2)3)26-15-19-13-22(29)27-21-8-6-5-7-20(19)21/h5-12,19H,4,13-16H2,1-3H3,(H,27,29)(H2,24,25,26). The van der Waals surface area contributed by atoms with E-state index in [-0.39, 0.29) is 11.8 Å². The largest absolute Gasteiger partial charge is 0.357 e. The summed E-state index contributed by atoms with van der Waals surface area (Å²) in [5, 5.41) is 9.66. The molecule has 1 atom stereocenters. The van der Waals surface area contributed by atoms with E-state index < -0.39 is 0 Å². The highest BCUT2D eigenvalue weighted by atomic mass is 16.1. The van der Waals surface area contributed by atoms with Crippen LogP contribution in [-0.2, 0) is 17.9 Å². The summed E-state index contributed by atoms with van der Waals surface area (Å²) in [6.45, 7) is 5.05. The summed E-state index contributed by atoms with van der Waals surface area (Å²) < 4.78 is 0. The average molecular weight is 394 g/mol. The molecule has 1 amide bonds. The molecule has 1 unspecified atom stereocenters. The number of hydrogen-bond acceptors (Lipinski definition) is 3. The van der Waals surface area contributed by atoms with Crippen LogP contribution in [0, 0.1) is 0 Å². The first-order valence-corrected chi connectivity index (χ1v) is 10.2. The number of rotatable bonds is 7. The zero-order valence-corrected chi connectivity index (χ0v) is 17.5. The van der Waals surface area contributed by atoms with Gasteiger partial charge in [0.05, 0.1) is 6.54 Å². The molecule has 2 aromatic carbocycles. The molecular formula is C23H31N5O. The summed E-state index contributed by atoms with van der Waals surface area (Å²) in [6, 6.07) is 16.6. The zero-order chi connectivity index (χ0) is 20.6. The highest BCUT2D eigenvalue weighted by Crippen LogP contribution is 2.31. The van der Waals surface area contributed by atoms with E-state index in [1.54, 1.807) is 0 Å². The van der Waals surface area contributed by atoms with Gasteiger partial charge in [-0.3, -0.25) is 4.79 Å². The summed E-state index contributed by atoms with van der Waals surface area (Å²) in [4.78, 5) is 18.9. The van der Waals surface area contributed by atoms with Crippen LogP contribution < -0.4 is 16.0 Å². The first-order valence-electron chi connectivity index (χ1n) is 10.2. The molecule has 29 heavy (non-hydrogen) atoms. The topological polar surface area (TPSA) is 68.8 Å². The van der Waals surface area contributed by atoms with Crippen molar-refractivity contribution in [3.63, 3.8) is 0 Å². The molecule has 1 aliphatic heterocycles. The Morgan fingerprint density at radius 2 is 1.83 bits per heavy atom. The quantitative estimate of drug-likeness (QED) is 0.500. The van der Waals surface area contributed by atoms with Gasteiger partial charge in [0, 0.05) is 37.7 Å². The number of guanidine groups is 1. The van der Waals surface area contributed by atoms with Crippen LogP contribution in [0.25, 0.3) is 0 Å². The fourth-order valence-electron chi connectivity index (χ4n) is 3.53. The van der Waals surface area contributed by atoms with Gasteiger partial charge in [-0.2, -0.15) is 0 Å². The van der Waals surface area contributed by atoms with E-state index in [1.807, 2.05) is 18.2 Å². The van der Waals surface area contributed by atoms with E-state index in [2.05, 4.69) is 72.2 Å². The number of benzene rings is 2. The van der Waals surface area contributed by atoms with E-state index in [1.165, 1.54) is 16.7 Å². The molecule has 3 rings (SSSR count). The molecule has 6 nitrogen and oxygen atoms in total. The van der Waals surface area contributed by atoms with Gasteiger partial charge >= 0.3 is 0 Å². The summed E-state index contributed by atoms with van der Waals surface area (Å²) in [5.74, 6) is 0.970. The van der Waals surface area contributed by atoms with Gasteiger partial charge in [-0.05, 0) is 43.8 Å². The molecule has 1 heterocycles. The number of fused-ring (bicyclic) bond motifs is 1. The van der Waals surface area contributed by atoms with E-state index in [4.69, 9.17) is 4.99 Å². The molecule has 0 saturated heterocycles. The van der Waals surface area contributed by atoms with Crippen LogP contribution in [0.1, 0.15) is 36.0 Å². The Balaban J connectivity index is 1.62. The van der Waals surface area contributed by atoms with Crippen LogP contribution in [0.2, 0.25) is 0 Å². The Hall–Kier alpha value is -2.86. The zero-order valence-electron chi connectivity index (χ0n) is 17.5. The van der Waals surface area contributed by atoms with Crippen molar-refractivity contribution in [3.8, 4) is 0 Å². The van der Waals surface area contributed by atoms with E-state index in [9.17, 15) is 4.79 Å². The number of amides is 1. The van der Waals surface area contributed by atoms with Gasteiger partial charge in [-0.25, -0.2) is 4.99 Å². The molecule has 1 aliphatic rings. The molecule has 0 radical (unpaired) electrons. The first-order chi connectivity index (χ1) is 14.0. The second-order valence-electron chi connectivity index (χ2n) is 7.67. The molecule has 0 fully saturated rings. The van der Waals surface area contributed by atoms with Crippen molar-refractivity contribution in [2.45, 2.75) is 32.4 Å². The molecule has 0 bridgehead atoms. The maximum Gasteiger partial charge on any atom is 0.225 e. The minimum atomic E-state index is 0.0650. The normalized spacial score (nSPS) is 16.3. The Morgan fingerprint density at radius 3 is 2.55 bits per heavy atom. The number of carbonyl (C=O) groups excluding carboxylic acids is 1. The first kappa shape index (κ1) is 20.9. The van der Waals surface area contributed by atoms with Gasteiger partial charge in [-0.1, -0.05) is 42.5 Å². The smallest absolute Gasteiger partial charge is 0.225 e. The third-order valence-corrected chi connectivity index (χ3v) is 4.91. The summed E-state index contributed by atoms with van der Waals surface area (Å²) in [5.41, 5.74) is 4.55. The predicted octanol–water partition coefficient (Wildman–Crippen LogP) is 2.93. The van der Waals surface area contributed by atoms with Crippen LogP contribution in [0.5, 0.6) is 0 Å². The Bertz CT molecular complexity index is 845. The molecule has 0 aromatic heterocycles. The second-order valence-corrected chi connectivity index (χ2v) is 7.67. The van der Waals surface area contributed by atoms with Gasteiger partial charge in [0.25, 0.3) is 0 Å². The molecule has 6 heteroatoms. The van der Waals surface area contributed by atoms with Crippen LogP contribution in [0.4, 0.5) is 5.69 Å². The highest BCUT2D eigenvalue weighted by Gasteiger charge is 2.24. The lowest BCUT2D eigenvalue weighted by atomic mass is 9.90. The molecule has 0 saturated carbocycles. The molecular weight excluding hydrogens is 362 g/mol. The van der Waals surface area contributed by atoms with Gasteiger partial charge in [-0.15, -0.1) is 0 Å². The highest BCUT2D eigenvalue weighted by molar-refractivity contribution is 5.94. The minimum absolute atomic E-state index is 0.0650. The molecule has 0 spiro atoms. The number of nitrogens with one attached hydrogen (secondary N) is 3. The number of carbonyl (C=O) groups is 1. The number of nitrogens with zero attached hydrogens (tertiary/aromatic N) is 2. The van der Waals surface area contributed by atoms with Gasteiger partial charge in [0.15, 0.2) is 5.96 Å². The van der Waals surface area contributed by atoms with Crippen molar-refractivity contribution < 1.29 is 4.79 Å². The second kappa shape index (κ2) is 10.1. The molecule has 0 aliphatic carbocycles. The lowest BCUT2D eigenvalue weighted by Crippen LogP contribution is -2.40. The maximum atomic E-state index is 12.0. The lowest BCUT2D eigenvalue weighted by Gasteiger charge is -2.26. The minimum Gasteiger partial charge on any atom is -0.357 e. The molecule has 3 N–H and O–H groups in total. The van der Waals surface area contributed by atoms with Crippen LogP contribution in [-0.4, -0.2) is 44.0 Å². The number of anilines is 1. The van der Waals surface area contributed by atoms with Crippen molar-refractivity contribution >= 4 is 17.6 Å². The fraction of sp³-hybridized carbons (Fsp3) is 0.391. The Labute approximate surface area is 173 Å². The monoisotopic (exact) mass is 393 g/mol. The third kappa shape index (κ3) is 6.06. The van der Waals surface area contributed by atoms with E-state index >= 15 is 0 Å². The van der Waals surface area contributed by atoms with Crippen LogP contribution in [0.3, 0.4) is 0 Å². The summed E-state index contributed by atoms with van der Waals surface area (Å²) >= 11 is 0. The molecule has 154 valence electrons. The maximum absolute atomic E-state index is 12.0. The average Bonchev–Trinajstić information content (AvgIpc) is 2.70. The van der Waals surface area contributed by atoms with Crippen molar-refractivity contribution in [2.75, 3.05) is 32.5 Å². The van der Waals surface area contributed by atoms with Crippen LogP contribution in [0.15, 0.2) is 53.5 Å². The van der Waals surface area contributed by atoms with Gasteiger partial charge < -0.3 is 20.9 Å². The van der Waals surface area contributed by atoms with E-state index in [0.717, 1.165) is 24.7 Å². The number of aliphatic imine (C=N–C) groups is 1.